The number of hydrogen-bond donors (Lipinski definition) is 8. The molecule has 8 unspecified atom stereocenters. The summed E-state index contributed by atoms with van der Waals surface area (Å²) >= 11 is 0. The molecule has 1 saturated heterocycles. The van der Waals surface area contributed by atoms with Crippen molar-refractivity contribution < 1.29 is 10.2 Å². The second-order valence-corrected chi connectivity index (χ2v) is 14.7. The molecule has 2 heterocycles. The fraction of sp³-hybridized carbons (Fsp3) is 0.933. The van der Waals surface area contributed by atoms with E-state index in [1.165, 1.54) is 49.9 Å². The Hall–Kier alpha value is -0.900. The summed E-state index contributed by atoms with van der Waals surface area (Å²) in [5, 5.41) is 42.9. The Bertz CT molecular complexity index is 785. The Kier molecular flexibility index (Phi) is 10.1. The summed E-state index contributed by atoms with van der Waals surface area (Å²) < 4.78 is 0. The first-order valence-corrected chi connectivity index (χ1v) is 15.5. The van der Waals surface area contributed by atoms with Gasteiger partial charge in [0, 0.05) is 52.8 Å². The minimum absolute atomic E-state index is 0.128. The molecular weight excluding hydrogens is 476 g/mol. The molecule has 2 fully saturated rings. The van der Waals surface area contributed by atoms with Gasteiger partial charge in [-0.25, -0.2) is 0 Å². The summed E-state index contributed by atoms with van der Waals surface area (Å²) in [5.41, 5.74) is 2.48. The van der Waals surface area contributed by atoms with Crippen molar-refractivity contribution in [1.29, 1.82) is 0 Å². The van der Waals surface area contributed by atoms with E-state index in [9.17, 15) is 10.2 Å². The van der Waals surface area contributed by atoms with Gasteiger partial charge in [-0.15, -0.1) is 0 Å². The number of hydrogen-bond acceptors (Lipinski definition) is 8. The van der Waals surface area contributed by atoms with Crippen molar-refractivity contribution in [2.24, 2.45) is 10.8 Å². The molecule has 8 N–H and O–H groups in total. The normalized spacial score (nSPS) is 33.4. The third kappa shape index (κ3) is 8.31. The van der Waals surface area contributed by atoms with Gasteiger partial charge in [0.1, 0.15) is 12.5 Å². The third-order valence-electron chi connectivity index (χ3n) is 9.10. The third-order valence-corrected chi connectivity index (χ3v) is 9.10. The minimum Gasteiger partial charge on any atom is -0.378 e. The smallest absolute Gasteiger partial charge is 0.110 e. The number of aliphatic hydroxyl groups excluding tert-OH is 2. The van der Waals surface area contributed by atoms with Gasteiger partial charge < -0.3 is 20.8 Å². The number of nitrogens with one attached hydrogen (secondary N) is 6. The zero-order valence-electron chi connectivity index (χ0n) is 25.0. The lowest BCUT2D eigenvalue weighted by atomic mass is 9.86. The van der Waals surface area contributed by atoms with E-state index in [4.69, 9.17) is 0 Å². The van der Waals surface area contributed by atoms with Gasteiger partial charge >= 0.3 is 0 Å². The summed E-state index contributed by atoms with van der Waals surface area (Å²) in [6.45, 7) is 12.5. The Morgan fingerprint density at radius 1 is 0.711 bits per heavy atom. The van der Waals surface area contributed by atoms with Gasteiger partial charge in [-0.05, 0) is 51.4 Å². The Morgan fingerprint density at radius 2 is 1.29 bits per heavy atom. The van der Waals surface area contributed by atoms with Crippen LogP contribution in [-0.2, 0) is 0 Å². The standard InChI is InChI=1S/C30H58N6O2/c1-29(2,3)27(37)31-19-13-15-21-23(17-19)35-25(33-21)11-9-7-8-10-12-26-34-22-16-14-20(18-24(22)36-26)32-28(38)30(4,5)6/h19-21,23,25-28,31-38H,7-18H2,1-6H3. The lowest BCUT2D eigenvalue weighted by Crippen LogP contribution is -2.52. The van der Waals surface area contributed by atoms with Crippen LogP contribution >= 0.6 is 0 Å². The van der Waals surface area contributed by atoms with Crippen molar-refractivity contribution in [3.63, 3.8) is 0 Å². The molecular formula is C30H58N6O2. The summed E-state index contributed by atoms with van der Waals surface area (Å²) in [6.07, 6.45) is 13.8. The largest absolute Gasteiger partial charge is 0.378 e. The van der Waals surface area contributed by atoms with Crippen LogP contribution in [0.15, 0.2) is 11.4 Å². The van der Waals surface area contributed by atoms with E-state index < -0.39 is 12.5 Å². The Labute approximate surface area is 231 Å². The molecule has 0 amide bonds. The summed E-state index contributed by atoms with van der Waals surface area (Å²) in [6, 6.07) is 1.83. The van der Waals surface area contributed by atoms with Crippen LogP contribution in [0.5, 0.6) is 0 Å². The molecule has 0 aromatic rings. The van der Waals surface area contributed by atoms with Gasteiger partial charge in [0.25, 0.3) is 0 Å². The van der Waals surface area contributed by atoms with Crippen molar-refractivity contribution in [3.05, 3.63) is 11.4 Å². The maximum atomic E-state index is 10.4. The number of fused-ring (bicyclic) bond motifs is 1. The molecule has 1 saturated carbocycles. The van der Waals surface area contributed by atoms with E-state index in [0.717, 1.165) is 38.5 Å². The van der Waals surface area contributed by atoms with Gasteiger partial charge in [0.05, 0.1) is 12.3 Å². The predicted molar refractivity (Wildman–Crippen MR) is 155 cm³/mol. The van der Waals surface area contributed by atoms with Crippen LogP contribution in [0.4, 0.5) is 0 Å². The zero-order chi connectivity index (χ0) is 27.5. The van der Waals surface area contributed by atoms with Crippen LogP contribution in [0.2, 0.25) is 0 Å². The summed E-state index contributed by atoms with van der Waals surface area (Å²) in [5.74, 6) is 0. The molecule has 2 aliphatic carbocycles. The van der Waals surface area contributed by atoms with Crippen LogP contribution in [0.1, 0.15) is 119 Å². The number of rotatable bonds is 11. The first-order valence-electron chi connectivity index (χ1n) is 15.5. The molecule has 0 bridgehead atoms. The number of allylic oxidation sites excluding steroid dienone is 1. The molecule has 0 spiro atoms. The monoisotopic (exact) mass is 534 g/mol. The van der Waals surface area contributed by atoms with Gasteiger partial charge in [-0.2, -0.15) is 0 Å². The highest BCUT2D eigenvalue weighted by molar-refractivity contribution is 5.22. The maximum Gasteiger partial charge on any atom is 0.110 e. The minimum atomic E-state index is -0.472. The summed E-state index contributed by atoms with van der Waals surface area (Å²) in [7, 11) is 0. The van der Waals surface area contributed by atoms with Crippen molar-refractivity contribution in [3.8, 4) is 0 Å². The van der Waals surface area contributed by atoms with E-state index in [1.807, 2.05) is 0 Å². The van der Waals surface area contributed by atoms with Crippen molar-refractivity contribution in [1.82, 2.24) is 31.9 Å². The van der Waals surface area contributed by atoms with Crippen LogP contribution in [0.25, 0.3) is 0 Å². The Balaban J connectivity index is 1.05. The van der Waals surface area contributed by atoms with Crippen molar-refractivity contribution in [2.75, 3.05) is 0 Å². The molecule has 0 aromatic heterocycles. The first kappa shape index (κ1) is 30.1. The van der Waals surface area contributed by atoms with Gasteiger partial charge in [0.15, 0.2) is 0 Å². The van der Waals surface area contributed by atoms with E-state index in [-0.39, 0.29) is 10.8 Å². The average molecular weight is 535 g/mol. The van der Waals surface area contributed by atoms with E-state index in [1.54, 1.807) is 0 Å². The molecule has 8 nitrogen and oxygen atoms in total. The molecule has 0 radical (unpaired) electrons. The van der Waals surface area contributed by atoms with Crippen LogP contribution in [0.3, 0.4) is 0 Å². The van der Waals surface area contributed by atoms with Crippen LogP contribution in [-0.4, -0.2) is 59.2 Å². The second-order valence-electron chi connectivity index (χ2n) is 14.7. The van der Waals surface area contributed by atoms with Crippen molar-refractivity contribution in [2.45, 2.75) is 168 Å². The quantitative estimate of drug-likeness (QED) is 0.151. The summed E-state index contributed by atoms with van der Waals surface area (Å²) in [4.78, 5) is 0. The van der Waals surface area contributed by atoms with Crippen LogP contribution in [0, 0.1) is 10.8 Å². The number of aliphatic hydroxyl groups is 2. The van der Waals surface area contributed by atoms with Crippen LogP contribution < -0.4 is 31.9 Å². The number of unbranched alkanes of at least 4 members (excludes halogenated alkanes) is 3. The van der Waals surface area contributed by atoms with E-state index in [0.29, 0.717) is 36.5 Å². The average Bonchev–Trinajstić information content (AvgIpc) is 3.42. The highest BCUT2D eigenvalue weighted by Crippen LogP contribution is 2.29. The SMILES string of the molecule is CC(C)(C)C(O)NC1CCC2=C(C1)NC(CCCCCCC1NC3CCC(NC(O)C(C)(C)C)CC3N1)N2. The predicted octanol–water partition coefficient (Wildman–Crippen LogP) is 3.33. The molecule has 4 rings (SSSR count). The first-order chi connectivity index (χ1) is 17.9. The topological polar surface area (TPSA) is 113 Å². The van der Waals surface area contributed by atoms with Gasteiger partial charge in [-0.3, -0.25) is 21.3 Å². The van der Waals surface area contributed by atoms with E-state index >= 15 is 0 Å². The van der Waals surface area contributed by atoms with Gasteiger partial charge in [0.2, 0.25) is 0 Å². The fourth-order valence-electron chi connectivity index (χ4n) is 6.42. The molecule has 8 atom stereocenters. The molecule has 220 valence electrons. The maximum absolute atomic E-state index is 10.4. The molecule has 4 aliphatic rings. The molecule has 8 heteroatoms. The lowest BCUT2D eigenvalue weighted by Gasteiger charge is -2.36. The highest BCUT2D eigenvalue weighted by Gasteiger charge is 2.38. The van der Waals surface area contributed by atoms with E-state index in [2.05, 4.69) is 73.4 Å². The molecule has 2 aliphatic heterocycles. The van der Waals surface area contributed by atoms with Crippen molar-refractivity contribution >= 4 is 0 Å². The Morgan fingerprint density at radius 3 is 1.95 bits per heavy atom. The zero-order valence-corrected chi connectivity index (χ0v) is 25.0. The lowest BCUT2D eigenvalue weighted by molar-refractivity contribution is 0.0169. The molecule has 38 heavy (non-hydrogen) atoms. The fourth-order valence-corrected chi connectivity index (χ4v) is 6.42. The molecule has 0 aromatic carbocycles. The second kappa shape index (κ2) is 12.7. The highest BCUT2D eigenvalue weighted by atomic mass is 16.3. The van der Waals surface area contributed by atoms with Gasteiger partial charge in [-0.1, -0.05) is 60.8 Å².